The summed E-state index contributed by atoms with van der Waals surface area (Å²) in [4.78, 5) is 35.0. The van der Waals surface area contributed by atoms with Gasteiger partial charge in [0.2, 0.25) is 0 Å². The third-order valence-electron chi connectivity index (χ3n) is 3.09. The van der Waals surface area contributed by atoms with E-state index < -0.39 is 23.4 Å². The standard InChI is InChI=1S/C16H13ClN2O5S/c1-25-12-5-2-10(3-6-12)16(21)24-9-15(20)18-13-7-4-11(17)8-14(13)19(22)23/h2-8H,9H2,1H3,(H,18,20). The van der Waals surface area contributed by atoms with Crippen LogP contribution in [0.25, 0.3) is 0 Å². The number of hydrogen-bond donors (Lipinski definition) is 1. The van der Waals surface area contributed by atoms with Crippen molar-refractivity contribution >= 4 is 46.6 Å². The SMILES string of the molecule is CSc1ccc(C(=O)OCC(=O)Nc2ccc(Cl)cc2[N+](=O)[O-])cc1. The second-order valence-corrected chi connectivity index (χ2v) is 6.09. The summed E-state index contributed by atoms with van der Waals surface area (Å²) in [5.41, 5.74) is -0.0670. The molecular formula is C16H13ClN2O5S. The van der Waals surface area contributed by atoms with Crippen LogP contribution in [0, 0.1) is 10.1 Å². The molecule has 2 rings (SSSR count). The maximum atomic E-state index is 11.9. The number of nitrogens with zero attached hydrogens (tertiary/aromatic N) is 1. The Morgan fingerprint density at radius 2 is 1.92 bits per heavy atom. The van der Waals surface area contributed by atoms with Crippen molar-refractivity contribution in [2.45, 2.75) is 4.90 Å². The number of esters is 1. The van der Waals surface area contributed by atoms with Gasteiger partial charge in [-0.15, -0.1) is 11.8 Å². The maximum absolute atomic E-state index is 11.9. The number of nitro groups is 1. The molecule has 0 heterocycles. The minimum atomic E-state index is -0.695. The predicted molar refractivity (Wildman–Crippen MR) is 95.2 cm³/mol. The molecule has 0 radical (unpaired) electrons. The number of benzene rings is 2. The maximum Gasteiger partial charge on any atom is 0.338 e. The number of carbonyl (C=O) groups excluding carboxylic acids is 2. The molecule has 0 spiro atoms. The van der Waals surface area contributed by atoms with Gasteiger partial charge >= 0.3 is 5.97 Å². The van der Waals surface area contributed by atoms with Crippen molar-refractivity contribution in [3.63, 3.8) is 0 Å². The smallest absolute Gasteiger partial charge is 0.338 e. The van der Waals surface area contributed by atoms with Gasteiger partial charge in [0, 0.05) is 16.0 Å². The predicted octanol–water partition coefficient (Wildman–Crippen LogP) is 3.77. The highest BCUT2D eigenvalue weighted by Gasteiger charge is 2.17. The molecule has 130 valence electrons. The zero-order valence-electron chi connectivity index (χ0n) is 13.0. The summed E-state index contributed by atoms with van der Waals surface area (Å²) in [6.07, 6.45) is 1.91. The lowest BCUT2D eigenvalue weighted by Gasteiger charge is -2.07. The van der Waals surface area contributed by atoms with Gasteiger partial charge in [0.15, 0.2) is 6.61 Å². The Morgan fingerprint density at radius 1 is 1.24 bits per heavy atom. The fraction of sp³-hybridized carbons (Fsp3) is 0.125. The summed E-state index contributed by atoms with van der Waals surface area (Å²) in [6, 6.07) is 10.5. The number of amides is 1. The largest absolute Gasteiger partial charge is 0.452 e. The van der Waals surface area contributed by atoms with Gasteiger partial charge in [-0.25, -0.2) is 4.79 Å². The number of rotatable bonds is 6. The molecule has 7 nitrogen and oxygen atoms in total. The molecule has 0 aromatic heterocycles. The van der Waals surface area contributed by atoms with E-state index in [0.717, 1.165) is 11.0 Å². The Morgan fingerprint density at radius 3 is 2.52 bits per heavy atom. The molecule has 0 unspecified atom stereocenters. The Kier molecular flexibility index (Phi) is 6.37. The Labute approximate surface area is 152 Å². The highest BCUT2D eigenvalue weighted by Crippen LogP contribution is 2.27. The first-order valence-electron chi connectivity index (χ1n) is 6.95. The zero-order chi connectivity index (χ0) is 18.4. The highest BCUT2D eigenvalue weighted by atomic mass is 35.5. The van der Waals surface area contributed by atoms with Crippen LogP contribution >= 0.6 is 23.4 Å². The van der Waals surface area contributed by atoms with Crippen LogP contribution in [0.3, 0.4) is 0 Å². The van der Waals surface area contributed by atoms with E-state index in [1.54, 1.807) is 24.3 Å². The summed E-state index contributed by atoms with van der Waals surface area (Å²) in [5.74, 6) is -1.35. The molecule has 0 bridgehead atoms. The van der Waals surface area contributed by atoms with E-state index in [4.69, 9.17) is 16.3 Å². The third kappa shape index (κ3) is 5.20. The quantitative estimate of drug-likeness (QED) is 0.354. The van der Waals surface area contributed by atoms with Gasteiger partial charge in [0.05, 0.1) is 10.5 Å². The molecule has 25 heavy (non-hydrogen) atoms. The number of anilines is 1. The highest BCUT2D eigenvalue weighted by molar-refractivity contribution is 7.98. The molecular weight excluding hydrogens is 368 g/mol. The van der Waals surface area contributed by atoms with E-state index in [1.165, 1.54) is 23.9 Å². The van der Waals surface area contributed by atoms with E-state index in [0.29, 0.717) is 5.56 Å². The van der Waals surface area contributed by atoms with E-state index in [9.17, 15) is 19.7 Å². The number of nitrogens with one attached hydrogen (secondary N) is 1. The molecule has 9 heteroatoms. The minimum Gasteiger partial charge on any atom is -0.452 e. The lowest BCUT2D eigenvalue weighted by atomic mass is 10.2. The molecule has 2 aromatic carbocycles. The van der Waals surface area contributed by atoms with Crippen LogP contribution in [0.5, 0.6) is 0 Å². The summed E-state index contributed by atoms with van der Waals surface area (Å²) in [7, 11) is 0. The Balaban J connectivity index is 1.96. The van der Waals surface area contributed by atoms with Crippen molar-refractivity contribution in [1.82, 2.24) is 0 Å². The molecule has 0 saturated heterocycles. The molecule has 0 saturated carbocycles. The molecule has 1 amide bonds. The van der Waals surface area contributed by atoms with Gasteiger partial charge < -0.3 is 10.1 Å². The van der Waals surface area contributed by atoms with Crippen LogP contribution in [-0.2, 0) is 9.53 Å². The van der Waals surface area contributed by atoms with Crippen LogP contribution in [0.4, 0.5) is 11.4 Å². The first-order chi connectivity index (χ1) is 11.9. The van der Waals surface area contributed by atoms with Crippen LogP contribution in [0.1, 0.15) is 10.4 Å². The summed E-state index contributed by atoms with van der Waals surface area (Å²) >= 11 is 7.23. The second-order valence-electron chi connectivity index (χ2n) is 4.77. The number of halogens is 1. The van der Waals surface area contributed by atoms with Crippen molar-refractivity contribution < 1.29 is 19.2 Å². The average molecular weight is 381 g/mol. The first-order valence-corrected chi connectivity index (χ1v) is 8.56. The molecule has 0 fully saturated rings. The lowest BCUT2D eigenvalue weighted by molar-refractivity contribution is -0.383. The van der Waals surface area contributed by atoms with E-state index >= 15 is 0 Å². The van der Waals surface area contributed by atoms with Crippen LogP contribution in [0.15, 0.2) is 47.4 Å². The van der Waals surface area contributed by atoms with E-state index in [1.807, 2.05) is 6.26 Å². The molecule has 0 aliphatic rings. The van der Waals surface area contributed by atoms with E-state index in [-0.39, 0.29) is 16.4 Å². The van der Waals surface area contributed by atoms with Gasteiger partial charge in [0.25, 0.3) is 11.6 Å². The Bertz CT molecular complexity index is 811. The van der Waals surface area contributed by atoms with Gasteiger partial charge in [-0.3, -0.25) is 14.9 Å². The van der Waals surface area contributed by atoms with Crippen molar-refractivity contribution in [3.05, 3.63) is 63.2 Å². The fourth-order valence-corrected chi connectivity index (χ4v) is 2.46. The summed E-state index contributed by atoms with van der Waals surface area (Å²) < 4.78 is 4.91. The van der Waals surface area contributed by atoms with Crippen LogP contribution < -0.4 is 5.32 Å². The van der Waals surface area contributed by atoms with Gasteiger partial charge in [-0.2, -0.15) is 0 Å². The van der Waals surface area contributed by atoms with Gasteiger partial charge in [0.1, 0.15) is 5.69 Å². The lowest BCUT2D eigenvalue weighted by Crippen LogP contribution is -2.21. The molecule has 0 aliphatic heterocycles. The topological polar surface area (TPSA) is 98.5 Å². The number of hydrogen-bond acceptors (Lipinski definition) is 6. The van der Waals surface area contributed by atoms with Gasteiger partial charge in [-0.05, 0) is 42.7 Å². The van der Waals surface area contributed by atoms with Gasteiger partial charge in [-0.1, -0.05) is 11.6 Å². The van der Waals surface area contributed by atoms with Crippen LogP contribution in [-0.4, -0.2) is 29.7 Å². The number of ether oxygens (including phenoxy) is 1. The van der Waals surface area contributed by atoms with Crippen molar-refractivity contribution in [2.75, 3.05) is 18.2 Å². The molecule has 0 aliphatic carbocycles. The Hall–Kier alpha value is -2.58. The molecule has 2 aromatic rings. The van der Waals surface area contributed by atoms with E-state index in [2.05, 4.69) is 5.32 Å². The molecule has 1 N–H and O–H groups in total. The summed E-state index contributed by atoms with van der Waals surface area (Å²) in [5, 5.41) is 13.5. The number of carbonyl (C=O) groups is 2. The first kappa shape index (κ1) is 18.8. The monoisotopic (exact) mass is 380 g/mol. The van der Waals surface area contributed by atoms with Crippen molar-refractivity contribution in [3.8, 4) is 0 Å². The normalized spacial score (nSPS) is 10.2. The van der Waals surface area contributed by atoms with Crippen molar-refractivity contribution in [1.29, 1.82) is 0 Å². The van der Waals surface area contributed by atoms with Crippen molar-refractivity contribution in [2.24, 2.45) is 0 Å². The fourth-order valence-electron chi connectivity index (χ4n) is 1.89. The summed E-state index contributed by atoms with van der Waals surface area (Å²) in [6.45, 7) is -0.567. The average Bonchev–Trinajstić information content (AvgIpc) is 2.61. The third-order valence-corrected chi connectivity index (χ3v) is 4.07. The second kappa shape index (κ2) is 8.50. The molecule has 0 atom stereocenters. The zero-order valence-corrected chi connectivity index (χ0v) is 14.6. The number of thioether (sulfide) groups is 1. The minimum absolute atomic E-state index is 0.0280. The van der Waals surface area contributed by atoms with Crippen LogP contribution in [0.2, 0.25) is 5.02 Å². The number of nitro benzene ring substituents is 1.